The van der Waals surface area contributed by atoms with Gasteiger partial charge in [-0.25, -0.2) is 0 Å². The van der Waals surface area contributed by atoms with Crippen molar-refractivity contribution in [1.82, 2.24) is 9.13 Å². The molecule has 0 unspecified atom stereocenters. The average Bonchev–Trinajstić information content (AvgIpc) is 2.98. The molecule has 1 radical (unpaired) electrons. The second kappa shape index (κ2) is 11.6. The molecule has 1 aliphatic heterocycles. The first-order valence-electron chi connectivity index (χ1n) is 10.8. The van der Waals surface area contributed by atoms with E-state index in [9.17, 15) is 0 Å². The van der Waals surface area contributed by atoms with Gasteiger partial charge in [0.2, 0.25) is 0 Å². The van der Waals surface area contributed by atoms with Gasteiger partial charge in [0.1, 0.15) is 0 Å². The summed E-state index contributed by atoms with van der Waals surface area (Å²) in [5.41, 5.74) is 3.50. The Kier molecular flexibility index (Phi) is 11.1. The molecule has 0 aromatic heterocycles. The monoisotopic (exact) mass is 522 g/mol. The molecule has 1 saturated heterocycles. The quantitative estimate of drug-likeness (QED) is 0.216. The van der Waals surface area contributed by atoms with Crippen LogP contribution in [0.1, 0.15) is 27.7 Å². The molecule has 0 amide bonds. The molecule has 0 atom stereocenters. The van der Waals surface area contributed by atoms with Crippen molar-refractivity contribution in [1.29, 1.82) is 0 Å². The van der Waals surface area contributed by atoms with Gasteiger partial charge >= 0.3 is 0 Å². The van der Waals surface area contributed by atoms with Crippen LogP contribution >= 0.6 is 17.2 Å². The fraction of sp³-hybridized carbons (Fsp3) is 0.522. The summed E-state index contributed by atoms with van der Waals surface area (Å²) in [5.74, 6) is 0. The number of fused-ring (bicyclic) bond motifs is 1. The molecule has 30 heavy (non-hydrogen) atoms. The number of hydrogen-bond donors (Lipinski definition) is 0. The molecule has 7 heteroatoms. The van der Waals surface area contributed by atoms with Crippen molar-refractivity contribution in [3.05, 3.63) is 53.5 Å². The summed E-state index contributed by atoms with van der Waals surface area (Å²) in [6.07, 6.45) is 0. The zero-order chi connectivity index (χ0) is 22.0. The number of nitrogens with zero attached hydrogens (tertiary/aromatic N) is 2. The van der Waals surface area contributed by atoms with E-state index in [2.05, 4.69) is 119 Å². The minimum Gasteiger partial charge on any atom is -0.469 e. The molecule has 173 valence electrons. The third-order valence-corrected chi connectivity index (χ3v) is 13.7. The van der Waals surface area contributed by atoms with E-state index in [0.29, 0.717) is 12.1 Å². The predicted octanol–water partition coefficient (Wildman–Crippen LogP) is 7.90. The van der Waals surface area contributed by atoms with Crippen molar-refractivity contribution in [3.63, 3.8) is 0 Å². The van der Waals surface area contributed by atoms with Crippen LogP contribution in [0.5, 0.6) is 0 Å². The molecule has 0 saturated carbocycles. The summed E-state index contributed by atoms with van der Waals surface area (Å²) in [5, 5.41) is 2.66. The van der Waals surface area contributed by atoms with Crippen molar-refractivity contribution < 1.29 is 16.8 Å². The second-order valence-corrected chi connectivity index (χ2v) is 23.4. The van der Waals surface area contributed by atoms with Gasteiger partial charge in [-0.05, 0) is 12.1 Å². The first-order valence-corrected chi connectivity index (χ1v) is 19.7. The maximum absolute atomic E-state index is 2.79. The fourth-order valence-corrected chi connectivity index (χ4v) is 16.4. The third kappa shape index (κ3) is 7.56. The summed E-state index contributed by atoms with van der Waals surface area (Å²) in [7, 11) is -0.534. The van der Waals surface area contributed by atoms with E-state index < -0.39 is 16.5 Å². The van der Waals surface area contributed by atoms with Crippen LogP contribution in [0, 0.1) is 11.0 Å². The van der Waals surface area contributed by atoms with Crippen LogP contribution in [0.3, 0.4) is 0 Å². The number of hydrogen-bond acceptors (Lipinski definition) is 2. The van der Waals surface area contributed by atoms with E-state index in [0.717, 1.165) is 17.2 Å². The third-order valence-electron chi connectivity index (χ3n) is 4.98. The molecule has 2 aromatic rings. The smallest absolute Gasteiger partial charge is 0.0902 e. The molecule has 0 N–H and O–H groups in total. The maximum Gasteiger partial charge on any atom is 0.0902 e. The fourth-order valence-electron chi connectivity index (χ4n) is 4.27. The van der Waals surface area contributed by atoms with Crippen molar-refractivity contribution in [2.75, 3.05) is 0 Å². The molecule has 1 fully saturated rings. The molecule has 3 rings (SSSR count). The van der Waals surface area contributed by atoms with E-state index in [1.165, 1.54) is 10.8 Å². The molecule has 0 bridgehead atoms. The SMILES string of the molecule is CC(C)N([C-]1P[C-](N(C(C)C)[Si](C)(C)C)P1)[Si](C)(C)C.[Co].c1cc[c-]2cccc2c1. The zero-order valence-electron chi connectivity index (χ0n) is 20.4. The first-order chi connectivity index (χ1) is 13.3. The Hall–Kier alpha value is 0.550. The van der Waals surface area contributed by atoms with Crippen molar-refractivity contribution in [2.24, 2.45) is 0 Å². The van der Waals surface area contributed by atoms with Gasteiger partial charge in [-0.1, -0.05) is 72.4 Å². The number of benzene rings is 1. The van der Waals surface area contributed by atoms with Crippen molar-refractivity contribution >= 4 is 44.4 Å². The molecular formula is C23H41CoN2P2Si2-3. The Labute approximate surface area is 202 Å². The van der Waals surface area contributed by atoms with Crippen LogP contribution in [0.15, 0.2) is 42.5 Å². The van der Waals surface area contributed by atoms with Crippen molar-refractivity contribution in [2.45, 2.75) is 79.1 Å². The molecule has 0 spiro atoms. The van der Waals surface area contributed by atoms with Gasteiger partial charge in [-0.3, -0.25) is 11.0 Å². The maximum atomic E-state index is 2.79. The Balaban J connectivity index is 0.000000371. The Morgan fingerprint density at radius 3 is 1.47 bits per heavy atom. The summed E-state index contributed by atoms with van der Waals surface area (Å²) >= 11 is 0. The standard InChI is InChI=1S/C14H34N2P2Si2.C9H7.Co/c1-11(2)15(19(5,6)7)13-17-14(18-13)16(12(3)4)20(8,9)10;1-2-5-9-7-3-6-8(9)4-1;/h11-12,17-18H,1-10H3;1-7H;/q-2;-1;. The van der Waals surface area contributed by atoms with Gasteiger partial charge < -0.3 is 26.3 Å². The van der Waals surface area contributed by atoms with Gasteiger partial charge in [0.25, 0.3) is 0 Å². The normalized spacial score (nSPS) is 17.7. The van der Waals surface area contributed by atoms with Gasteiger partial charge in [-0.2, -0.15) is 12.1 Å². The van der Waals surface area contributed by atoms with Gasteiger partial charge in [-0.15, -0.1) is 35.7 Å². The van der Waals surface area contributed by atoms with Crippen LogP contribution in [0.2, 0.25) is 39.3 Å². The summed E-state index contributed by atoms with van der Waals surface area (Å²) < 4.78 is 5.58. The van der Waals surface area contributed by atoms with E-state index in [1.807, 2.05) is 0 Å². The summed E-state index contributed by atoms with van der Waals surface area (Å²) in [6, 6.07) is 16.0. The predicted molar refractivity (Wildman–Crippen MR) is 143 cm³/mol. The van der Waals surface area contributed by atoms with E-state index in [1.54, 1.807) is 11.0 Å². The van der Waals surface area contributed by atoms with Gasteiger partial charge in [0, 0.05) is 16.8 Å². The van der Waals surface area contributed by atoms with E-state index in [-0.39, 0.29) is 16.8 Å². The molecule has 1 aliphatic rings. The van der Waals surface area contributed by atoms with E-state index >= 15 is 0 Å². The minimum absolute atomic E-state index is 0. The van der Waals surface area contributed by atoms with Crippen LogP contribution < -0.4 is 0 Å². The Bertz CT molecular complexity index is 702. The van der Waals surface area contributed by atoms with Crippen molar-refractivity contribution in [3.8, 4) is 0 Å². The summed E-state index contributed by atoms with van der Waals surface area (Å²) in [6.45, 7) is 24.3. The Morgan fingerprint density at radius 2 is 1.10 bits per heavy atom. The largest absolute Gasteiger partial charge is 0.469 e. The van der Waals surface area contributed by atoms with Gasteiger partial charge in [0.05, 0.1) is 16.5 Å². The van der Waals surface area contributed by atoms with Gasteiger partial charge in [0.15, 0.2) is 0 Å². The van der Waals surface area contributed by atoms with E-state index in [4.69, 9.17) is 0 Å². The Morgan fingerprint density at radius 1 is 0.700 bits per heavy atom. The van der Waals surface area contributed by atoms with Crippen LogP contribution in [0.4, 0.5) is 0 Å². The molecular weight excluding hydrogens is 481 g/mol. The van der Waals surface area contributed by atoms with Crippen LogP contribution in [-0.2, 0) is 16.8 Å². The minimum atomic E-state index is -1.23. The topological polar surface area (TPSA) is 6.48 Å². The zero-order valence-corrected chi connectivity index (χ0v) is 25.5. The molecule has 1 heterocycles. The molecule has 0 aliphatic carbocycles. The van der Waals surface area contributed by atoms with Crippen LogP contribution in [-0.4, -0.2) is 37.7 Å². The average molecular weight is 523 g/mol. The van der Waals surface area contributed by atoms with Crippen LogP contribution in [0.25, 0.3) is 10.8 Å². The summed E-state index contributed by atoms with van der Waals surface area (Å²) in [4.78, 5) is 0. The molecule has 2 aromatic carbocycles. The second-order valence-electron chi connectivity index (χ2n) is 10.4. The first kappa shape index (κ1) is 28.6. The number of rotatable bonds is 6. The molecule has 2 nitrogen and oxygen atoms in total.